The number of nitrogens with zero attached hydrogens (tertiary/aromatic N) is 2. The van der Waals surface area contributed by atoms with E-state index in [-0.39, 0.29) is 11.8 Å². The molecule has 0 aliphatic rings. The molecule has 0 bridgehead atoms. The average Bonchev–Trinajstić information content (AvgIpc) is 2.47. The fourth-order valence-corrected chi connectivity index (χ4v) is 1.42. The average molecular weight is 199 g/mol. The molecule has 4 nitrogen and oxygen atoms in total. The summed E-state index contributed by atoms with van der Waals surface area (Å²) in [7, 11) is 0. The highest BCUT2D eigenvalue weighted by Crippen LogP contribution is 2.07. The van der Waals surface area contributed by atoms with Gasteiger partial charge in [0.2, 0.25) is 5.91 Å². The van der Waals surface area contributed by atoms with Gasteiger partial charge in [-0.15, -0.1) is 10.2 Å². The Bertz CT molecular complexity index is 295. The van der Waals surface area contributed by atoms with Crippen LogP contribution in [0.1, 0.15) is 23.9 Å². The van der Waals surface area contributed by atoms with Crippen LogP contribution in [0, 0.1) is 12.8 Å². The van der Waals surface area contributed by atoms with Gasteiger partial charge in [0.25, 0.3) is 0 Å². The van der Waals surface area contributed by atoms with Crippen LogP contribution in [0.4, 0.5) is 0 Å². The Morgan fingerprint density at radius 1 is 1.54 bits per heavy atom. The van der Waals surface area contributed by atoms with Crippen LogP contribution >= 0.6 is 11.3 Å². The summed E-state index contributed by atoms with van der Waals surface area (Å²) in [4.78, 5) is 11.2. The second-order valence-corrected chi connectivity index (χ2v) is 4.35. The van der Waals surface area contributed by atoms with E-state index < -0.39 is 0 Å². The van der Waals surface area contributed by atoms with Crippen molar-refractivity contribution in [1.82, 2.24) is 15.5 Å². The molecule has 5 heteroatoms. The lowest BCUT2D eigenvalue weighted by molar-refractivity contribution is -0.124. The van der Waals surface area contributed by atoms with Gasteiger partial charge in [-0.25, -0.2) is 0 Å². The van der Waals surface area contributed by atoms with Crippen LogP contribution in [0.3, 0.4) is 0 Å². The summed E-state index contributed by atoms with van der Waals surface area (Å²) in [6.07, 6.45) is 0. The monoisotopic (exact) mass is 199 g/mol. The fraction of sp³-hybridized carbons (Fsp3) is 0.625. The molecule has 0 saturated carbocycles. The van der Waals surface area contributed by atoms with Crippen molar-refractivity contribution in [1.29, 1.82) is 0 Å². The molecule has 0 saturated heterocycles. The van der Waals surface area contributed by atoms with E-state index in [9.17, 15) is 4.79 Å². The van der Waals surface area contributed by atoms with Gasteiger partial charge >= 0.3 is 0 Å². The summed E-state index contributed by atoms with van der Waals surface area (Å²) in [6.45, 7) is 6.11. The van der Waals surface area contributed by atoms with Gasteiger partial charge in [0, 0.05) is 5.92 Å². The summed E-state index contributed by atoms with van der Waals surface area (Å²) in [5.74, 6) is 0.0712. The van der Waals surface area contributed by atoms with Crippen LogP contribution in [-0.4, -0.2) is 16.1 Å². The Morgan fingerprint density at radius 2 is 2.23 bits per heavy atom. The highest BCUT2D eigenvalue weighted by Gasteiger charge is 2.07. The number of rotatable bonds is 3. The molecule has 0 fully saturated rings. The minimum Gasteiger partial charge on any atom is -0.349 e. The molecule has 1 aromatic heterocycles. The zero-order valence-electron chi connectivity index (χ0n) is 8.00. The number of aromatic nitrogens is 2. The third kappa shape index (κ3) is 3.10. The van der Waals surface area contributed by atoms with Crippen molar-refractivity contribution in [3.63, 3.8) is 0 Å². The molecule has 0 atom stereocenters. The second-order valence-electron chi connectivity index (χ2n) is 3.09. The Kier molecular flexibility index (Phi) is 3.36. The van der Waals surface area contributed by atoms with Crippen molar-refractivity contribution in [2.45, 2.75) is 27.3 Å². The Labute approximate surface area is 81.4 Å². The molecule has 0 aromatic carbocycles. The first-order chi connectivity index (χ1) is 6.09. The minimum atomic E-state index is 0.0222. The predicted molar refractivity (Wildman–Crippen MR) is 51.3 cm³/mol. The SMILES string of the molecule is Cc1nnc(CNC(=O)C(C)C)s1. The summed E-state index contributed by atoms with van der Waals surface area (Å²) < 4.78 is 0. The molecule has 1 amide bonds. The first kappa shape index (κ1) is 10.1. The maximum Gasteiger partial charge on any atom is 0.222 e. The van der Waals surface area contributed by atoms with E-state index in [1.165, 1.54) is 11.3 Å². The highest BCUT2D eigenvalue weighted by atomic mass is 32.1. The summed E-state index contributed by atoms with van der Waals surface area (Å²) in [6, 6.07) is 0. The van der Waals surface area contributed by atoms with Gasteiger partial charge in [0.15, 0.2) is 0 Å². The molecule has 0 aliphatic heterocycles. The fourth-order valence-electron chi connectivity index (χ4n) is 0.776. The Morgan fingerprint density at radius 3 is 2.69 bits per heavy atom. The normalized spacial score (nSPS) is 10.5. The third-order valence-electron chi connectivity index (χ3n) is 1.51. The number of nitrogens with one attached hydrogen (secondary N) is 1. The van der Waals surface area contributed by atoms with Crippen LogP contribution in [0.25, 0.3) is 0 Å². The van der Waals surface area contributed by atoms with Gasteiger partial charge in [-0.05, 0) is 6.92 Å². The van der Waals surface area contributed by atoms with Crippen molar-refractivity contribution < 1.29 is 4.79 Å². The number of hydrogen-bond acceptors (Lipinski definition) is 4. The Balaban J connectivity index is 2.39. The van der Waals surface area contributed by atoms with Gasteiger partial charge in [0.05, 0.1) is 6.54 Å². The molecule has 0 unspecified atom stereocenters. The van der Waals surface area contributed by atoms with Crippen molar-refractivity contribution in [3.05, 3.63) is 10.0 Å². The van der Waals surface area contributed by atoms with E-state index in [1.807, 2.05) is 20.8 Å². The quantitative estimate of drug-likeness (QED) is 0.793. The topological polar surface area (TPSA) is 54.9 Å². The molecule has 13 heavy (non-hydrogen) atoms. The van der Waals surface area contributed by atoms with E-state index >= 15 is 0 Å². The van der Waals surface area contributed by atoms with E-state index in [1.54, 1.807) is 0 Å². The van der Waals surface area contributed by atoms with Crippen molar-refractivity contribution >= 4 is 17.2 Å². The van der Waals surface area contributed by atoms with Gasteiger partial charge in [-0.2, -0.15) is 0 Å². The highest BCUT2D eigenvalue weighted by molar-refractivity contribution is 7.11. The van der Waals surface area contributed by atoms with Gasteiger partial charge < -0.3 is 5.32 Å². The lowest BCUT2D eigenvalue weighted by atomic mass is 10.2. The first-order valence-corrected chi connectivity index (χ1v) is 4.98. The molecule has 1 N–H and O–H groups in total. The third-order valence-corrected chi connectivity index (χ3v) is 2.34. The zero-order chi connectivity index (χ0) is 9.84. The largest absolute Gasteiger partial charge is 0.349 e. The molecular formula is C8H13N3OS. The van der Waals surface area contributed by atoms with Crippen molar-refractivity contribution in [3.8, 4) is 0 Å². The van der Waals surface area contributed by atoms with Crippen molar-refractivity contribution in [2.75, 3.05) is 0 Å². The van der Waals surface area contributed by atoms with Crippen LogP contribution < -0.4 is 5.32 Å². The molecule has 0 aliphatic carbocycles. The zero-order valence-corrected chi connectivity index (χ0v) is 8.81. The number of aryl methyl sites for hydroxylation is 1. The number of carbonyl (C=O) groups is 1. The maximum absolute atomic E-state index is 11.2. The number of carbonyl (C=O) groups excluding carboxylic acids is 1. The second kappa shape index (κ2) is 4.32. The smallest absolute Gasteiger partial charge is 0.222 e. The van der Waals surface area contributed by atoms with E-state index in [2.05, 4.69) is 15.5 Å². The number of hydrogen-bond donors (Lipinski definition) is 1. The molecule has 0 radical (unpaired) electrons. The maximum atomic E-state index is 11.2. The van der Waals surface area contributed by atoms with Gasteiger partial charge in [0.1, 0.15) is 10.0 Å². The molecule has 0 spiro atoms. The van der Waals surface area contributed by atoms with Crippen LogP contribution in [-0.2, 0) is 11.3 Å². The van der Waals surface area contributed by atoms with Crippen LogP contribution in [0.2, 0.25) is 0 Å². The van der Waals surface area contributed by atoms with E-state index in [0.29, 0.717) is 6.54 Å². The van der Waals surface area contributed by atoms with Crippen LogP contribution in [0.15, 0.2) is 0 Å². The molecular weight excluding hydrogens is 186 g/mol. The molecule has 72 valence electrons. The van der Waals surface area contributed by atoms with E-state index in [4.69, 9.17) is 0 Å². The molecule has 1 heterocycles. The minimum absolute atomic E-state index is 0.0222. The molecule has 1 aromatic rings. The van der Waals surface area contributed by atoms with Gasteiger partial charge in [-0.1, -0.05) is 25.2 Å². The molecule has 1 rings (SSSR count). The van der Waals surface area contributed by atoms with Crippen molar-refractivity contribution in [2.24, 2.45) is 5.92 Å². The standard InChI is InChI=1S/C8H13N3OS/c1-5(2)8(12)9-4-7-11-10-6(3)13-7/h5H,4H2,1-3H3,(H,9,12). The van der Waals surface area contributed by atoms with Crippen LogP contribution in [0.5, 0.6) is 0 Å². The Hall–Kier alpha value is -0.970. The lowest BCUT2D eigenvalue weighted by Gasteiger charge is -2.04. The number of amides is 1. The lowest BCUT2D eigenvalue weighted by Crippen LogP contribution is -2.26. The summed E-state index contributed by atoms with van der Waals surface area (Å²) in [5, 5.41) is 12.3. The summed E-state index contributed by atoms with van der Waals surface area (Å²) >= 11 is 1.50. The predicted octanol–water partition coefficient (Wildman–Crippen LogP) is 1.12. The van der Waals surface area contributed by atoms with Gasteiger partial charge in [-0.3, -0.25) is 4.79 Å². The first-order valence-electron chi connectivity index (χ1n) is 4.16. The van der Waals surface area contributed by atoms with E-state index in [0.717, 1.165) is 10.0 Å². The summed E-state index contributed by atoms with van der Waals surface area (Å²) in [5.41, 5.74) is 0.